The average molecular weight is 425 g/mol. The van der Waals surface area contributed by atoms with Crippen LogP contribution in [0.2, 0.25) is 0 Å². The lowest BCUT2D eigenvalue weighted by Crippen LogP contribution is -2.43. The first-order valence-electron chi connectivity index (χ1n) is 9.39. The molecule has 0 atom stereocenters. The number of carbonyl (C=O) groups excluding carboxylic acids is 1. The van der Waals surface area contributed by atoms with Crippen molar-refractivity contribution in [3.8, 4) is 0 Å². The molecule has 1 aromatic heterocycles. The molecule has 0 fully saturated rings. The van der Waals surface area contributed by atoms with Crippen molar-refractivity contribution >= 4 is 32.6 Å². The van der Waals surface area contributed by atoms with Gasteiger partial charge < -0.3 is 4.90 Å². The smallest absolute Gasteiger partial charge is 0.263 e. The van der Waals surface area contributed by atoms with Crippen LogP contribution in [0.25, 0.3) is 0 Å². The number of hydrogen-bond acceptors (Lipinski definition) is 6. The Kier molecular flexibility index (Phi) is 7.54. The molecule has 2 rings (SSSR count). The first kappa shape index (κ1) is 22.3. The average Bonchev–Trinajstić information content (AvgIpc) is 3.01. The van der Waals surface area contributed by atoms with Gasteiger partial charge in [-0.2, -0.15) is 4.37 Å². The number of amides is 1. The molecule has 0 radical (unpaired) electrons. The fraction of sp³-hybridized carbons (Fsp3) is 0.526. The Morgan fingerprint density at radius 2 is 1.75 bits per heavy atom. The second kappa shape index (κ2) is 9.47. The van der Waals surface area contributed by atoms with Gasteiger partial charge in [0.2, 0.25) is 11.0 Å². The summed E-state index contributed by atoms with van der Waals surface area (Å²) in [7, 11) is -3.74. The summed E-state index contributed by atoms with van der Waals surface area (Å²) in [6.45, 7) is 9.90. The lowest BCUT2D eigenvalue weighted by Gasteiger charge is -2.30. The summed E-state index contributed by atoms with van der Waals surface area (Å²) in [4.78, 5) is 18.6. The SMILES string of the molecule is CCCc1ccc(S(=O)(=O)Nc2nc(CC(=O)N(C(C)C)C(C)C)ns2)cc1. The van der Waals surface area contributed by atoms with Crippen molar-refractivity contribution in [3.05, 3.63) is 35.7 Å². The molecule has 0 aliphatic rings. The molecule has 1 N–H and O–H groups in total. The maximum Gasteiger partial charge on any atom is 0.263 e. The summed E-state index contributed by atoms with van der Waals surface area (Å²) in [6.07, 6.45) is 1.95. The second-order valence-corrected chi connectivity index (χ2v) is 9.61. The third kappa shape index (κ3) is 5.75. The van der Waals surface area contributed by atoms with E-state index in [2.05, 4.69) is 21.0 Å². The molecule has 1 amide bonds. The molecule has 1 heterocycles. The van der Waals surface area contributed by atoms with Crippen LogP contribution in [0.4, 0.5) is 5.13 Å². The first-order chi connectivity index (χ1) is 13.1. The predicted molar refractivity (Wildman–Crippen MR) is 112 cm³/mol. The summed E-state index contributed by atoms with van der Waals surface area (Å²) >= 11 is 0.931. The number of nitrogens with one attached hydrogen (secondary N) is 1. The summed E-state index contributed by atoms with van der Waals surface area (Å²) in [6, 6.07) is 6.94. The van der Waals surface area contributed by atoms with Gasteiger partial charge >= 0.3 is 0 Å². The van der Waals surface area contributed by atoms with Crippen LogP contribution in [0.3, 0.4) is 0 Å². The minimum atomic E-state index is -3.74. The van der Waals surface area contributed by atoms with E-state index >= 15 is 0 Å². The molecule has 0 spiro atoms. The van der Waals surface area contributed by atoms with Gasteiger partial charge in [-0.1, -0.05) is 25.5 Å². The van der Waals surface area contributed by atoms with E-state index in [1.165, 1.54) is 0 Å². The molecule has 7 nitrogen and oxygen atoms in total. The van der Waals surface area contributed by atoms with E-state index in [0.29, 0.717) is 5.82 Å². The van der Waals surface area contributed by atoms with E-state index < -0.39 is 10.0 Å². The van der Waals surface area contributed by atoms with E-state index in [4.69, 9.17) is 0 Å². The Labute approximate surface area is 171 Å². The van der Waals surface area contributed by atoms with Crippen molar-refractivity contribution in [1.29, 1.82) is 0 Å². The molecular weight excluding hydrogens is 396 g/mol. The van der Waals surface area contributed by atoms with Gasteiger partial charge in [-0.05, 0) is 51.8 Å². The number of nitrogens with zero attached hydrogens (tertiary/aromatic N) is 3. The number of anilines is 1. The van der Waals surface area contributed by atoms with Crippen LogP contribution >= 0.6 is 11.5 Å². The Bertz CT molecular complexity index is 882. The largest absolute Gasteiger partial charge is 0.337 e. The van der Waals surface area contributed by atoms with Gasteiger partial charge in [0, 0.05) is 23.6 Å². The highest BCUT2D eigenvalue weighted by Crippen LogP contribution is 2.19. The van der Waals surface area contributed by atoms with Gasteiger partial charge in [-0.15, -0.1) is 0 Å². The summed E-state index contributed by atoms with van der Waals surface area (Å²) in [5.41, 5.74) is 1.10. The molecule has 0 aliphatic carbocycles. The highest BCUT2D eigenvalue weighted by Gasteiger charge is 2.23. The van der Waals surface area contributed by atoms with Crippen LogP contribution < -0.4 is 4.72 Å². The zero-order chi connectivity index (χ0) is 20.9. The minimum absolute atomic E-state index is 0.0420. The molecular formula is C19H28N4O3S2. The van der Waals surface area contributed by atoms with Gasteiger partial charge in [0.15, 0.2) is 5.82 Å². The topological polar surface area (TPSA) is 92.3 Å². The van der Waals surface area contributed by atoms with Gasteiger partial charge in [-0.25, -0.2) is 13.4 Å². The van der Waals surface area contributed by atoms with E-state index in [1.54, 1.807) is 17.0 Å². The van der Waals surface area contributed by atoms with Crippen molar-refractivity contribution in [2.45, 2.75) is 70.9 Å². The maximum atomic E-state index is 12.5. The fourth-order valence-electron chi connectivity index (χ4n) is 3.06. The van der Waals surface area contributed by atoms with Crippen molar-refractivity contribution in [1.82, 2.24) is 14.3 Å². The zero-order valence-corrected chi connectivity index (χ0v) is 18.6. The Morgan fingerprint density at radius 3 is 2.29 bits per heavy atom. The molecule has 0 aliphatic heterocycles. The fourth-order valence-corrected chi connectivity index (χ4v) is 4.87. The quantitative estimate of drug-likeness (QED) is 0.665. The maximum absolute atomic E-state index is 12.5. The molecule has 28 heavy (non-hydrogen) atoms. The zero-order valence-electron chi connectivity index (χ0n) is 17.0. The first-order valence-corrected chi connectivity index (χ1v) is 11.6. The Hall–Kier alpha value is -2.00. The van der Waals surface area contributed by atoms with Gasteiger partial charge in [0.25, 0.3) is 10.0 Å². The van der Waals surface area contributed by atoms with Crippen LogP contribution in [0.5, 0.6) is 0 Å². The summed E-state index contributed by atoms with van der Waals surface area (Å²) < 4.78 is 31.7. The van der Waals surface area contributed by atoms with Gasteiger partial charge in [0.05, 0.1) is 11.3 Å². The normalized spacial score (nSPS) is 11.8. The summed E-state index contributed by atoms with van der Waals surface area (Å²) in [5.74, 6) is 0.237. The van der Waals surface area contributed by atoms with Crippen molar-refractivity contribution < 1.29 is 13.2 Å². The van der Waals surface area contributed by atoms with E-state index in [1.807, 2.05) is 39.8 Å². The lowest BCUT2D eigenvalue weighted by molar-refractivity contribution is -0.134. The standard InChI is InChI=1S/C19H28N4O3S2/c1-6-7-15-8-10-16(11-9-15)28(25,26)22-19-20-17(21-27-19)12-18(24)23(13(2)3)14(4)5/h8-11,13-14H,6-7,12H2,1-5H3,(H,20,21,22). The third-order valence-corrected chi connectivity index (χ3v) is 6.32. The number of aromatic nitrogens is 2. The number of benzene rings is 1. The van der Waals surface area contributed by atoms with Crippen LogP contribution in [0, 0.1) is 0 Å². The molecule has 0 bridgehead atoms. The minimum Gasteiger partial charge on any atom is -0.337 e. The number of aryl methyl sites for hydroxylation is 1. The van der Waals surface area contributed by atoms with Crippen LogP contribution in [0.15, 0.2) is 29.2 Å². The number of carbonyl (C=O) groups is 1. The molecule has 0 unspecified atom stereocenters. The van der Waals surface area contributed by atoms with E-state index in [0.717, 1.165) is 29.9 Å². The monoisotopic (exact) mass is 424 g/mol. The molecule has 0 saturated heterocycles. The Morgan fingerprint density at radius 1 is 1.14 bits per heavy atom. The van der Waals surface area contributed by atoms with Crippen molar-refractivity contribution in [3.63, 3.8) is 0 Å². The molecule has 0 saturated carbocycles. The Balaban J connectivity index is 2.08. The van der Waals surface area contributed by atoms with Crippen LogP contribution in [0.1, 0.15) is 52.4 Å². The lowest BCUT2D eigenvalue weighted by atomic mass is 10.1. The van der Waals surface area contributed by atoms with E-state index in [-0.39, 0.29) is 34.4 Å². The highest BCUT2D eigenvalue weighted by atomic mass is 32.2. The third-order valence-electron chi connectivity index (χ3n) is 4.17. The number of hydrogen-bond donors (Lipinski definition) is 1. The van der Waals surface area contributed by atoms with Crippen molar-refractivity contribution in [2.24, 2.45) is 0 Å². The van der Waals surface area contributed by atoms with Crippen LogP contribution in [-0.2, 0) is 27.7 Å². The van der Waals surface area contributed by atoms with E-state index in [9.17, 15) is 13.2 Å². The predicted octanol–water partition coefficient (Wildman–Crippen LogP) is 3.48. The van der Waals surface area contributed by atoms with Crippen LogP contribution in [-0.4, -0.2) is 40.7 Å². The van der Waals surface area contributed by atoms with Crippen molar-refractivity contribution in [2.75, 3.05) is 4.72 Å². The van der Waals surface area contributed by atoms with Gasteiger partial charge in [0.1, 0.15) is 0 Å². The molecule has 154 valence electrons. The number of sulfonamides is 1. The van der Waals surface area contributed by atoms with Gasteiger partial charge in [-0.3, -0.25) is 9.52 Å². The highest BCUT2D eigenvalue weighted by molar-refractivity contribution is 7.93. The molecule has 9 heteroatoms. The summed E-state index contributed by atoms with van der Waals surface area (Å²) in [5, 5.41) is 0.154. The molecule has 2 aromatic rings. The second-order valence-electron chi connectivity index (χ2n) is 7.18. The molecule has 1 aromatic carbocycles. The number of rotatable bonds is 9.